The van der Waals surface area contributed by atoms with Gasteiger partial charge in [0.2, 0.25) is 11.8 Å². The van der Waals surface area contributed by atoms with Crippen LogP contribution in [0.1, 0.15) is 19.3 Å². The van der Waals surface area contributed by atoms with Crippen molar-refractivity contribution in [1.29, 1.82) is 0 Å². The van der Waals surface area contributed by atoms with Crippen molar-refractivity contribution in [1.82, 2.24) is 14.7 Å². The Hall–Kier alpha value is -2.57. The van der Waals surface area contributed by atoms with Gasteiger partial charge in [0.1, 0.15) is 5.75 Å². The van der Waals surface area contributed by atoms with E-state index in [0.29, 0.717) is 50.9 Å². The fourth-order valence-corrected chi connectivity index (χ4v) is 3.82. The summed E-state index contributed by atoms with van der Waals surface area (Å²) in [5, 5.41) is 0. The first kappa shape index (κ1) is 17.8. The number of ether oxygens (including phenoxy) is 1. The van der Waals surface area contributed by atoms with Crippen molar-refractivity contribution < 1.29 is 19.1 Å². The average Bonchev–Trinajstić information content (AvgIpc) is 3.48. The average molecular weight is 371 g/mol. The van der Waals surface area contributed by atoms with E-state index < -0.39 is 0 Å². The first-order valence-corrected chi connectivity index (χ1v) is 9.65. The summed E-state index contributed by atoms with van der Waals surface area (Å²) in [5.74, 6) is 0.552. The number of carbonyl (C=O) groups excluding carboxylic acids is 3. The second-order valence-corrected chi connectivity index (χ2v) is 7.49. The van der Waals surface area contributed by atoms with Crippen molar-refractivity contribution in [3.05, 3.63) is 30.3 Å². The van der Waals surface area contributed by atoms with E-state index >= 15 is 0 Å². The molecule has 144 valence electrons. The molecule has 0 bridgehead atoms. The van der Waals surface area contributed by atoms with Crippen LogP contribution >= 0.6 is 0 Å². The minimum atomic E-state index is -0.221. The number of para-hydroxylation sites is 1. The van der Waals surface area contributed by atoms with Crippen molar-refractivity contribution in [2.24, 2.45) is 5.92 Å². The van der Waals surface area contributed by atoms with E-state index in [4.69, 9.17) is 4.74 Å². The quantitative estimate of drug-likeness (QED) is 0.766. The van der Waals surface area contributed by atoms with Gasteiger partial charge in [-0.3, -0.25) is 14.4 Å². The molecule has 7 nitrogen and oxygen atoms in total. The van der Waals surface area contributed by atoms with Crippen LogP contribution < -0.4 is 4.74 Å². The van der Waals surface area contributed by atoms with E-state index in [0.717, 1.165) is 12.8 Å². The Morgan fingerprint density at radius 1 is 1.00 bits per heavy atom. The Morgan fingerprint density at radius 2 is 1.67 bits per heavy atom. The summed E-state index contributed by atoms with van der Waals surface area (Å²) in [5.41, 5.74) is 0. The van der Waals surface area contributed by atoms with Crippen molar-refractivity contribution in [2.45, 2.75) is 25.3 Å². The van der Waals surface area contributed by atoms with Crippen LogP contribution in [0.5, 0.6) is 5.75 Å². The maximum absolute atomic E-state index is 12.7. The Balaban J connectivity index is 1.23. The number of rotatable bonds is 5. The fourth-order valence-electron chi connectivity index (χ4n) is 3.82. The highest BCUT2D eigenvalue weighted by atomic mass is 16.5. The van der Waals surface area contributed by atoms with Gasteiger partial charge in [-0.1, -0.05) is 18.2 Å². The third-order valence-corrected chi connectivity index (χ3v) is 5.54. The standard InChI is InChI=1S/C20H25N3O4/c24-18-12-15(13-23(18)16-6-7-16)20(26)22-10-8-21(9-11-22)19(25)14-27-17-4-2-1-3-5-17/h1-5,15-16H,6-14H2. The largest absolute Gasteiger partial charge is 0.484 e. The van der Waals surface area contributed by atoms with Gasteiger partial charge in [0.05, 0.1) is 5.92 Å². The third kappa shape index (κ3) is 4.07. The SMILES string of the molecule is O=C(COc1ccccc1)N1CCN(C(=O)C2CC(=O)N(C3CC3)C2)CC1. The Labute approximate surface area is 158 Å². The lowest BCUT2D eigenvalue weighted by molar-refractivity contribution is -0.142. The summed E-state index contributed by atoms with van der Waals surface area (Å²) >= 11 is 0. The highest BCUT2D eigenvalue weighted by Crippen LogP contribution is 2.33. The lowest BCUT2D eigenvalue weighted by Crippen LogP contribution is -2.53. The molecule has 1 aromatic rings. The number of hydrogen-bond donors (Lipinski definition) is 0. The van der Waals surface area contributed by atoms with Gasteiger partial charge in [-0.05, 0) is 25.0 Å². The number of likely N-dealkylation sites (tertiary alicyclic amines) is 1. The Kier molecular flexibility index (Phi) is 5.01. The van der Waals surface area contributed by atoms with E-state index in [1.54, 1.807) is 9.80 Å². The van der Waals surface area contributed by atoms with Crippen LogP contribution in [-0.4, -0.2) is 77.8 Å². The predicted octanol–water partition coefficient (Wildman–Crippen LogP) is 0.747. The highest BCUT2D eigenvalue weighted by Gasteiger charge is 2.43. The summed E-state index contributed by atoms with van der Waals surface area (Å²) < 4.78 is 5.51. The zero-order valence-corrected chi connectivity index (χ0v) is 15.4. The second-order valence-electron chi connectivity index (χ2n) is 7.49. The first-order chi connectivity index (χ1) is 13.1. The van der Waals surface area contributed by atoms with E-state index in [1.165, 1.54) is 0 Å². The summed E-state index contributed by atoms with van der Waals surface area (Å²) in [6.07, 6.45) is 2.47. The predicted molar refractivity (Wildman–Crippen MR) is 97.9 cm³/mol. The molecule has 1 unspecified atom stereocenters. The van der Waals surface area contributed by atoms with Crippen LogP contribution in [0, 0.1) is 5.92 Å². The van der Waals surface area contributed by atoms with Gasteiger partial charge < -0.3 is 19.4 Å². The smallest absolute Gasteiger partial charge is 0.260 e. The zero-order chi connectivity index (χ0) is 18.8. The molecule has 1 atom stereocenters. The van der Waals surface area contributed by atoms with Gasteiger partial charge in [0, 0.05) is 45.2 Å². The first-order valence-electron chi connectivity index (χ1n) is 9.65. The molecule has 3 aliphatic rings. The van der Waals surface area contributed by atoms with E-state index in [-0.39, 0.29) is 30.2 Å². The van der Waals surface area contributed by atoms with Crippen LogP contribution in [0.2, 0.25) is 0 Å². The Bertz CT molecular complexity index is 711. The minimum Gasteiger partial charge on any atom is -0.484 e. The van der Waals surface area contributed by atoms with Crippen LogP contribution in [0.3, 0.4) is 0 Å². The summed E-state index contributed by atoms with van der Waals surface area (Å²) in [6.45, 7) is 2.62. The minimum absolute atomic E-state index is 0.00539. The van der Waals surface area contributed by atoms with E-state index in [1.807, 2.05) is 35.2 Å². The molecule has 0 radical (unpaired) electrons. The molecule has 4 rings (SSSR count). The number of carbonyl (C=O) groups is 3. The molecule has 0 spiro atoms. The van der Waals surface area contributed by atoms with Crippen LogP contribution in [0.25, 0.3) is 0 Å². The maximum Gasteiger partial charge on any atom is 0.260 e. The van der Waals surface area contributed by atoms with Gasteiger partial charge in [0.15, 0.2) is 6.61 Å². The van der Waals surface area contributed by atoms with Gasteiger partial charge in [-0.25, -0.2) is 0 Å². The summed E-state index contributed by atoms with van der Waals surface area (Å²) in [4.78, 5) is 42.5. The lowest BCUT2D eigenvalue weighted by Gasteiger charge is -2.35. The molecule has 7 heteroatoms. The number of hydrogen-bond acceptors (Lipinski definition) is 4. The maximum atomic E-state index is 12.7. The van der Waals surface area contributed by atoms with Crippen LogP contribution in [-0.2, 0) is 14.4 Å². The molecule has 0 aromatic heterocycles. The molecule has 1 saturated carbocycles. The number of benzene rings is 1. The van der Waals surface area contributed by atoms with E-state index in [9.17, 15) is 14.4 Å². The normalized spacial score (nSPS) is 22.9. The third-order valence-electron chi connectivity index (χ3n) is 5.54. The van der Waals surface area contributed by atoms with Crippen molar-refractivity contribution in [3.63, 3.8) is 0 Å². The highest BCUT2D eigenvalue weighted by molar-refractivity contribution is 5.89. The van der Waals surface area contributed by atoms with Crippen LogP contribution in [0.4, 0.5) is 0 Å². The van der Waals surface area contributed by atoms with Gasteiger partial charge >= 0.3 is 0 Å². The molecule has 2 aliphatic heterocycles. The molecule has 0 N–H and O–H groups in total. The molecule has 2 saturated heterocycles. The molecule has 3 fully saturated rings. The van der Waals surface area contributed by atoms with Crippen molar-refractivity contribution in [2.75, 3.05) is 39.3 Å². The summed E-state index contributed by atoms with van der Waals surface area (Å²) in [6, 6.07) is 9.63. The second kappa shape index (κ2) is 7.58. The molecular weight excluding hydrogens is 346 g/mol. The zero-order valence-electron chi connectivity index (χ0n) is 15.4. The number of piperazine rings is 1. The molecule has 1 aromatic carbocycles. The van der Waals surface area contributed by atoms with E-state index in [2.05, 4.69) is 0 Å². The van der Waals surface area contributed by atoms with Crippen molar-refractivity contribution >= 4 is 17.7 Å². The lowest BCUT2D eigenvalue weighted by atomic mass is 10.1. The monoisotopic (exact) mass is 371 g/mol. The molecule has 1 aliphatic carbocycles. The topological polar surface area (TPSA) is 70.2 Å². The molecule has 27 heavy (non-hydrogen) atoms. The number of nitrogens with zero attached hydrogens (tertiary/aromatic N) is 3. The molecule has 3 amide bonds. The van der Waals surface area contributed by atoms with Crippen LogP contribution in [0.15, 0.2) is 30.3 Å². The van der Waals surface area contributed by atoms with Gasteiger partial charge in [-0.2, -0.15) is 0 Å². The van der Waals surface area contributed by atoms with Crippen molar-refractivity contribution in [3.8, 4) is 5.75 Å². The summed E-state index contributed by atoms with van der Waals surface area (Å²) in [7, 11) is 0. The molecular formula is C20H25N3O4. The Morgan fingerprint density at radius 3 is 2.33 bits per heavy atom. The number of amides is 3. The fraction of sp³-hybridized carbons (Fsp3) is 0.550. The van der Waals surface area contributed by atoms with Gasteiger partial charge in [0.25, 0.3) is 5.91 Å². The van der Waals surface area contributed by atoms with Gasteiger partial charge in [-0.15, -0.1) is 0 Å². The molecule has 2 heterocycles.